The zero-order valence-corrected chi connectivity index (χ0v) is 10.4. The molecule has 3 aromatic rings. The smallest absolute Gasteiger partial charge is 0.208 e. The summed E-state index contributed by atoms with van der Waals surface area (Å²) in [5, 5.41) is 16.0. The summed E-state index contributed by atoms with van der Waals surface area (Å²) in [4.78, 5) is 5.58. The van der Waals surface area contributed by atoms with Crippen LogP contribution in [0.2, 0.25) is 0 Å². The molecule has 3 heterocycles. The van der Waals surface area contributed by atoms with E-state index in [1.54, 1.807) is 24.6 Å². The molecule has 0 atom stereocenters. The van der Waals surface area contributed by atoms with Gasteiger partial charge in [-0.05, 0) is 33.7 Å². The van der Waals surface area contributed by atoms with E-state index in [0.29, 0.717) is 17.2 Å². The third-order valence-corrected chi connectivity index (χ3v) is 3.21. The van der Waals surface area contributed by atoms with Gasteiger partial charge in [-0.25, -0.2) is 4.98 Å². The fraction of sp³-hybridized carbons (Fsp3) is 0.0909. The average Bonchev–Trinajstić information content (AvgIpc) is 3.01. The Hall–Kier alpha value is -2.28. The summed E-state index contributed by atoms with van der Waals surface area (Å²) in [5.41, 5.74) is 8.66. The number of aryl methyl sites for hydroxylation is 1. The van der Waals surface area contributed by atoms with Gasteiger partial charge >= 0.3 is 0 Å². The molecule has 0 saturated heterocycles. The molecule has 0 spiro atoms. The SMILES string of the molecule is Cn1nnc(-c2cc(-c3ccsc3)cnc2N)n1. The molecule has 7 heteroatoms. The largest absolute Gasteiger partial charge is 0.383 e. The van der Waals surface area contributed by atoms with Crippen LogP contribution in [-0.4, -0.2) is 25.2 Å². The minimum absolute atomic E-state index is 0.405. The highest BCUT2D eigenvalue weighted by atomic mass is 32.1. The van der Waals surface area contributed by atoms with Crippen molar-refractivity contribution in [3.8, 4) is 22.5 Å². The van der Waals surface area contributed by atoms with Crippen molar-refractivity contribution in [1.29, 1.82) is 0 Å². The van der Waals surface area contributed by atoms with E-state index < -0.39 is 0 Å². The van der Waals surface area contributed by atoms with Gasteiger partial charge in [-0.3, -0.25) is 0 Å². The van der Waals surface area contributed by atoms with Crippen LogP contribution < -0.4 is 5.73 Å². The lowest BCUT2D eigenvalue weighted by molar-refractivity contribution is 0.630. The first kappa shape index (κ1) is 10.8. The molecule has 90 valence electrons. The van der Waals surface area contributed by atoms with Crippen molar-refractivity contribution in [1.82, 2.24) is 25.2 Å². The first-order valence-corrected chi connectivity index (χ1v) is 6.21. The molecule has 0 aliphatic rings. The summed E-state index contributed by atoms with van der Waals surface area (Å²) in [6, 6.07) is 3.97. The standard InChI is InChI=1S/C11H10N6S/c1-17-15-11(14-16-17)9-4-8(5-13-10(9)12)7-2-3-18-6-7/h2-6H,1H3,(H2,12,13). The summed E-state index contributed by atoms with van der Waals surface area (Å²) in [6.45, 7) is 0. The zero-order valence-electron chi connectivity index (χ0n) is 9.61. The highest BCUT2D eigenvalue weighted by molar-refractivity contribution is 7.08. The molecule has 0 unspecified atom stereocenters. The van der Waals surface area contributed by atoms with E-state index in [4.69, 9.17) is 5.73 Å². The normalized spacial score (nSPS) is 10.7. The van der Waals surface area contributed by atoms with Gasteiger partial charge < -0.3 is 5.73 Å². The van der Waals surface area contributed by atoms with Gasteiger partial charge in [-0.2, -0.15) is 16.1 Å². The molecule has 0 saturated carbocycles. The summed E-state index contributed by atoms with van der Waals surface area (Å²) in [6.07, 6.45) is 1.75. The number of aromatic nitrogens is 5. The number of rotatable bonds is 2. The molecule has 0 bridgehead atoms. The van der Waals surface area contributed by atoms with Crippen molar-refractivity contribution in [2.24, 2.45) is 7.05 Å². The molecule has 0 fully saturated rings. The molecule has 0 radical (unpaired) electrons. The molecule has 18 heavy (non-hydrogen) atoms. The van der Waals surface area contributed by atoms with E-state index in [-0.39, 0.29) is 0 Å². The average molecular weight is 258 g/mol. The van der Waals surface area contributed by atoms with Crippen molar-refractivity contribution in [3.05, 3.63) is 29.1 Å². The fourth-order valence-corrected chi connectivity index (χ4v) is 2.30. The summed E-state index contributed by atoms with van der Waals surface area (Å²) >= 11 is 1.64. The van der Waals surface area contributed by atoms with Crippen molar-refractivity contribution in [2.75, 3.05) is 5.73 Å². The fourth-order valence-electron chi connectivity index (χ4n) is 1.63. The Morgan fingerprint density at radius 2 is 2.22 bits per heavy atom. The van der Waals surface area contributed by atoms with Gasteiger partial charge in [0.1, 0.15) is 5.82 Å². The Kier molecular flexibility index (Phi) is 2.52. The van der Waals surface area contributed by atoms with Crippen LogP contribution in [0.25, 0.3) is 22.5 Å². The van der Waals surface area contributed by atoms with Crippen LogP contribution in [0.3, 0.4) is 0 Å². The lowest BCUT2D eigenvalue weighted by Crippen LogP contribution is -1.97. The third-order valence-electron chi connectivity index (χ3n) is 2.52. The Morgan fingerprint density at radius 1 is 1.33 bits per heavy atom. The molecule has 3 rings (SSSR count). The Labute approximate surface area is 107 Å². The molecule has 0 aliphatic carbocycles. The van der Waals surface area contributed by atoms with E-state index >= 15 is 0 Å². The van der Waals surface area contributed by atoms with Gasteiger partial charge in [0.15, 0.2) is 0 Å². The minimum atomic E-state index is 0.405. The molecule has 0 aromatic carbocycles. The van der Waals surface area contributed by atoms with Crippen LogP contribution in [0.4, 0.5) is 5.82 Å². The number of hydrogen-bond acceptors (Lipinski definition) is 6. The van der Waals surface area contributed by atoms with Gasteiger partial charge in [0.25, 0.3) is 0 Å². The van der Waals surface area contributed by atoms with Crippen molar-refractivity contribution >= 4 is 17.2 Å². The monoisotopic (exact) mass is 258 g/mol. The van der Waals surface area contributed by atoms with Crippen LogP contribution in [-0.2, 0) is 7.05 Å². The highest BCUT2D eigenvalue weighted by Crippen LogP contribution is 2.28. The van der Waals surface area contributed by atoms with E-state index in [1.165, 1.54) is 4.80 Å². The number of pyridine rings is 1. The van der Waals surface area contributed by atoms with Crippen LogP contribution >= 0.6 is 11.3 Å². The van der Waals surface area contributed by atoms with Gasteiger partial charge in [-0.15, -0.1) is 10.2 Å². The third kappa shape index (κ3) is 1.84. The van der Waals surface area contributed by atoms with E-state index in [2.05, 4.69) is 25.8 Å². The molecule has 0 aliphatic heterocycles. The molecule has 2 N–H and O–H groups in total. The van der Waals surface area contributed by atoms with Gasteiger partial charge in [0.05, 0.1) is 12.6 Å². The molecular formula is C11H10N6S. The maximum absolute atomic E-state index is 5.86. The second kappa shape index (κ2) is 4.19. The lowest BCUT2D eigenvalue weighted by atomic mass is 10.1. The van der Waals surface area contributed by atoms with Gasteiger partial charge in [0, 0.05) is 11.8 Å². The maximum atomic E-state index is 5.86. The zero-order chi connectivity index (χ0) is 12.5. The number of tetrazole rings is 1. The van der Waals surface area contributed by atoms with Crippen LogP contribution in [0, 0.1) is 0 Å². The Morgan fingerprint density at radius 3 is 2.89 bits per heavy atom. The Balaban J connectivity index is 2.12. The van der Waals surface area contributed by atoms with Crippen LogP contribution in [0.1, 0.15) is 0 Å². The topological polar surface area (TPSA) is 82.5 Å². The number of nitrogens with zero attached hydrogens (tertiary/aromatic N) is 5. The van der Waals surface area contributed by atoms with Crippen molar-refractivity contribution in [2.45, 2.75) is 0 Å². The van der Waals surface area contributed by atoms with Crippen molar-refractivity contribution < 1.29 is 0 Å². The summed E-state index contributed by atoms with van der Waals surface area (Å²) in [5.74, 6) is 0.890. The maximum Gasteiger partial charge on any atom is 0.208 e. The molecular weight excluding hydrogens is 248 g/mol. The van der Waals surface area contributed by atoms with Crippen LogP contribution in [0.15, 0.2) is 29.1 Å². The summed E-state index contributed by atoms with van der Waals surface area (Å²) in [7, 11) is 1.71. The van der Waals surface area contributed by atoms with Crippen LogP contribution in [0.5, 0.6) is 0 Å². The first-order chi connectivity index (χ1) is 8.74. The number of nitrogen functional groups attached to an aromatic ring is 1. The summed E-state index contributed by atoms with van der Waals surface area (Å²) < 4.78 is 0. The second-order valence-corrected chi connectivity index (χ2v) is 4.55. The Bertz CT molecular complexity index is 673. The molecule has 3 aromatic heterocycles. The highest BCUT2D eigenvalue weighted by Gasteiger charge is 2.11. The van der Waals surface area contributed by atoms with Gasteiger partial charge in [0.2, 0.25) is 5.82 Å². The number of anilines is 1. The minimum Gasteiger partial charge on any atom is -0.383 e. The van der Waals surface area contributed by atoms with Gasteiger partial charge in [-0.1, -0.05) is 0 Å². The number of thiophene rings is 1. The predicted octanol–water partition coefficient (Wildman–Crippen LogP) is 1.58. The van der Waals surface area contributed by atoms with Crippen molar-refractivity contribution in [3.63, 3.8) is 0 Å². The molecule has 0 amide bonds. The number of hydrogen-bond donors (Lipinski definition) is 1. The van der Waals surface area contributed by atoms with E-state index in [0.717, 1.165) is 11.1 Å². The first-order valence-electron chi connectivity index (χ1n) is 5.26. The quantitative estimate of drug-likeness (QED) is 0.754. The number of nitrogens with two attached hydrogens (primary N) is 1. The lowest BCUT2D eigenvalue weighted by Gasteiger charge is -2.03. The van der Waals surface area contributed by atoms with E-state index in [9.17, 15) is 0 Å². The van der Waals surface area contributed by atoms with E-state index in [1.807, 2.05) is 17.5 Å². The predicted molar refractivity (Wildman–Crippen MR) is 69.8 cm³/mol. The second-order valence-electron chi connectivity index (χ2n) is 3.77. The molecule has 6 nitrogen and oxygen atoms in total.